The predicted octanol–water partition coefficient (Wildman–Crippen LogP) is 4.71. The maximum absolute atomic E-state index is 13.1. The van der Waals surface area contributed by atoms with E-state index in [1.54, 1.807) is 0 Å². The number of benzene rings is 1. The molecule has 3 aliphatic rings. The number of methoxy groups -OCH3 is 1. The molecule has 1 saturated carbocycles. The van der Waals surface area contributed by atoms with E-state index in [1.807, 2.05) is 19.2 Å². The highest BCUT2D eigenvalue weighted by Crippen LogP contribution is 2.48. The number of aliphatic hydroxyl groups is 1. The molecule has 7 heteroatoms. The third-order valence-electron chi connectivity index (χ3n) is 9.20. The van der Waals surface area contributed by atoms with Crippen molar-refractivity contribution in [3.8, 4) is 5.75 Å². The number of hydrogen-bond acceptors (Lipinski definition) is 7. The second-order valence-electron chi connectivity index (χ2n) is 11.7. The van der Waals surface area contributed by atoms with Crippen LogP contribution in [0.1, 0.15) is 82.3 Å². The highest BCUT2D eigenvalue weighted by Gasteiger charge is 2.45. The average molecular weight is 530 g/mol. The van der Waals surface area contributed by atoms with E-state index < -0.39 is 5.97 Å². The van der Waals surface area contributed by atoms with E-state index in [2.05, 4.69) is 17.9 Å². The zero-order valence-corrected chi connectivity index (χ0v) is 23.5. The van der Waals surface area contributed by atoms with Gasteiger partial charge in [0, 0.05) is 0 Å². The molecule has 1 heterocycles. The fourth-order valence-electron chi connectivity index (χ4n) is 7.01. The van der Waals surface area contributed by atoms with Crippen molar-refractivity contribution in [1.82, 2.24) is 4.90 Å². The van der Waals surface area contributed by atoms with E-state index in [1.165, 1.54) is 12.7 Å². The third-order valence-corrected chi connectivity index (χ3v) is 9.20. The van der Waals surface area contributed by atoms with Gasteiger partial charge in [0.05, 0.1) is 13.2 Å². The zero-order valence-electron chi connectivity index (χ0n) is 23.5. The van der Waals surface area contributed by atoms with Gasteiger partial charge in [-0.2, -0.15) is 0 Å². The Kier molecular flexibility index (Phi) is 10.5. The van der Waals surface area contributed by atoms with Crippen molar-refractivity contribution in [2.75, 3.05) is 27.3 Å². The highest BCUT2D eigenvalue weighted by molar-refractivity contribution is 5.76. The van der Waals surface area contributed by atoms with E-state index in [0.717, 1.165) is 94.9 Å². The number of hydrogen-bond donors (Lipinski definition) is 1. The minimum absolute atomic E-state index is 0.0652. The average Bonchev–Trinajstić information content (AvgIpc) is 3.22. The van der Waals surface area contributed by atoms with Crippen LogP contribution in [0.25, 0.3) is 0 Å². The summed E-state index contributed by atoms with van der Waals surface area (Å²) in [5.41, 5.74) is 2.41. The van der Waals surface area contributed by atoms with E-state index in [9.17, 15) is 14.7 Å². The molecule has 1 aromatic rings. The van der Waals surface area contributed by atoms with E-state index in [0.29, 0.717) is 11.8 Å². The first-order valence-corrected chi connectivity index (χ1v) is 14.8. The van der Waals surface area contributed by atoms with Crippen molar-refractivity contribution in [2.45, 2.75) is 102 Å². The van der Waals surface area contributed by atoms with Crippen LogP contribution in [0.4, 0.5) is 0 Å². The lowest BCUT2D eigenvalue weighted by molar-refractivity contribution is -0.157. The fourth-order valence-corrected chi connectivity index (χ4v) is 7.01. The number of fused-ring (bicyclic) bond motifs is 2. The summed E-state index contributed by atoms with van der Waals surface area (Å²) in [5.74, 6) is 1.30. The maximum atomic E-state index is 13.1. The van der Waals surface area contributed by atoms with Gasteiger partial charge in [0.1, 0.15) is 17.9 Å². The fraction of sp³-hybridized carbons (Fsp3) is 0.742. The molecule has 2 fully saturated rings. The van der Waals surface area contributed by atoms with Gasteiger partial charge in [0.2, 0.25) is 0 Å². The van der Waals surface area contributed by atoms with Gasteiger partial charge in [-0.25, -0.2) is 4.79 Å². The number of likely N-dealkylation sites (tertiary alicyclic amines) is 1. The molecule has 0 amide bonds. The summed E-state index contributed by atoms with van der Waals surface area (Å²) in [6.07, 6.45) is 11.2. The Bertz CT molecular complexity index is 935. The molecule has 38 heavy (non-hydrogen) atoms. The molecule has 1 saturated heterocycles. The van der Waals surface area contributed by atoms with Gasteiger partial charge in [-0.3, -0.25) is 9.69 Å². The Balaban J connectivity index is 1.39. The number of aliphatic hydroxyl groups excluding tert-OH is 1. The number of rotatable bonds is 12. The Morgan fingerprint density at radius 1 is 1.16 bits per heavy atom. The topological polar surface area (TPSA) is 85.3 Å². The molecule has 2 aliphatic carbocycles. The number of likely N-dealkylation sites (N-methyl/N-ethyl adjacent to an activating group) is 1. The normalized spacial score (nSPS) is 27.7. The Labute approximate surface area is 228 Å². The molecule has 4 rings (SSSR count). The lowest BCUT2D eigenvalue weighted by Gasteiger charge is -2.34. The first-order chi connectivity index (χ1) is 18.4. The van der Waals surface area contributed by atoms with Crippen LogP contribution in [0.2, 0.25) is 0 Å². The van der Waals surface area contributed by atoms with Crippen LogP contribution in [0.5, 0.6) is 5.75 Å². The summed E-state index contributed by atoms with van der Waals surface area (Å²) in [6.45, 7) is 3.05. The molecular formula is C31H47NO6. The van der Waals surface area contributed by atoms with Crippen LogP contribution >= 0.6 is 0 Å². The number of carbonyl (C=O) groups excluding carboxylic acids is 2. The molecular weight excluding hydrogens is 482 g/mol. The van der Waals surface area contributed by atoms with Crippen molar-refractivity contribution >= 4 is 11.9 Å². The second-order valence-corrected chi connectivity index (χ2v) is 11.7. The van der Waals surface area contributed by atoms with Crippen LogP contribution in [0.3, 0.4) is 0 Å². The van der Waals surface area contributed by atoms with E-state index in [4.69, 9.17) is 14.2 Å². The van der Waals surface area contributed by atoms with Gasteiger partial charge in [-0.05, 0) is 106 Å². The van der Waals surface area contributed by atoms with Crippen molar-refractivity contribution in [1.29, 1.82) is 0 Å². The SMILES string of the molecule is CCCCC[C@H](CC[C@@H]1[C@H]2Cc3cccc(OCC(=O)OC)c3C[C@H]2C[C@H]1O)OC(=O)C1CCCCN1C. The molecule has 6 atom stereocenters. The summed E-state index contributed by atoms with van der Waals surface area (Å²) in [6, 6.07) is 5.93. The number of unbranched alkanes of at least 4 members (excludes halogenated alkanes) is 2. The van der Waals surface area contributed by atoms with Crippen LogP contribution < -0.4 is 4.74 Å². The molecule has 1 aromatic carbocycles. The van der Waals surface area contributed by atoms with Crippen LogP contribution in [0.15, 0.2) is 18.2 Å². The molecule has 0 spiro atoms. The Morgan fingerprint density at radius 3 is 2.76 bits per heavy atom. The monoisotopic (exact) mass is 529 g/mol. The molecule has 212 valence electrons. The van der Waals surface area contributed by atoms with Crippen molar-refractivity contribution in [3.05, 3.63) is 29.3 Å². The summed E-state index contributed by atoms with van der Waals surface area (Å²) in [7, 11) is 3.39. The number of ether oxygens (including phenoxy) is 3. The van der Waals surface area contributed by atoms with Crippen molar-refractivity contribution in [2.24, 2.45) is 17.8 Å². The molecule has 0 bridgehead atoms. The van der Waals surface area contributed by atoms with Crippen LogP contribution in [-0.2, 0) is 31.9 Å². The number of piperidine rings is 1. The molecule has 0 aromatic heterocycles. The largest absolute Gasteiger partial charge is 0.482 e. The third kappa shape index (κ3) is 7.09. The summed E-state index contributed by atoms with van der Waals surface area (Å²) < 4.78 is 16.7. The van der Waals surface area contributed by atoms with Gasteiger partial charge >= 0.3 is 11.9 Å². The van der Waals surface area contributed by atoms with Gasteiger partial charge < -0.3 is 19.3 Å². The minimum atomic E-state index is -0.392. The maximum Gasteiger partial charge on any atom is 0.343 e. The van der Waals surface area contributed by atoms with Crippen molar-refractivity contribution in [3.63, 3.8) is 0 Å². The van der Waals surface area contributed by atoms with Gasteiger partial charge in [-0.1, -0.05) is 38.3 Å². The van der Waals surface area contributed by atoms with Gasteiger partial charge in [0.15, 0.2) is 6.61 Å². The lowest BCUT2D eigenvalue weighted by atomic mass is 9.73. The quantitative estimate of drug-likeness (QED) is 0.310. The standard InChI is InChI=1S/C31H47NO6/c1-4-5-6-11-23(38-31(35)27-12-7-8-16-32(27)2)14-15-24-25-17-21-10-9-13-29(37-20-30(34)36-3)26(21)18-22(25)19-28(24)33/h9-10,13,22-25,27-28,33H,4-8,11-12,14-20H2,1-3H3/t22-,23+,24+,25-,27?,28+/m0/s1. The lowest BCUT2D eigenvalue weighted by Crippen LogP contribution is -2.44. The van der Waals surface area contributed by atoms with Gasteiger partial charge in [-0.15, -0.1) is 0 Å². The summed E-state index contributed by atoms with van der Waals surface area (Å²) in [4.78, 5) is 26.8. The number of carbonyl (C=O) groups is 2. The molecule has 0 radical (unpaired) electrons. The number of esters is 2. The van der Waals surface area contributed by atoms with Crippen molar-refractivity contribution < 1.29 is 28.9 Å². The molecule has 7 nitrogen and oxygen atoms in total. The first-order valence-electron chi connectivity index (χ1n) is 14.8. The summed E-state index contributed by atoms with van der Waals surface area (Å²) >= 11 is 0. The van der Waals surface area contributed by atoms with Crippen LogP contribution in [0, 0.1) is 17.8 Å². The van der Waals surface area contributed by atoms with Crippen LogP contribution in [-0.4, -0.2) is 67.5 Å². The molecule has 1 N–H and O–H groups in total. The smallest absolute Gasteiger partial charge is 0.343 e. The minimum Gasteiger partial charge on any atom is -0.482 e. The molecule has 1 unspecified atom stereocenters. The zero-order chi connectivity index (χ0) is 27.1. The summed E-state index contributed by atoms with van der Waals surface area (Å²) in [5, 5.41) is 11.1. The van der Waals surface area contributed by atoms with E-state index in [-0.39, 0.29) is 36.7 Å². The number of nitrogens with zero attached hydrogens (tertiary/aromatic N) is 1. The van der Waals surface area contributed by atoms with E-state index >= 15 is 0 Å². The Morgan fingerprint density at radius 2 is 2.00 bits per heavy atom. The van der Waals surface area contributed by atoms with Gasteiger partial charge in [0.25, 0.3) is 0 Å². The molecule has 1 aliphatic heterocycles. The Hall–Kier alpha value is -2.12. The predicted molar refractivity (Wildman–Crippen MR) is 146 cm³/mol. The first kappa shape index (κ1) is 28.9. The highest BCUT2D eigenvalue weighted by atomic mass is 16.6. The second kappa shape index (κ2) is 13.8.